The second kappa shape index (κ2) is 17.1. The lowest BCUT2D eigenvalue weighted by Gasteiger charge is -2.24. The van der Waals surface area contributed by atoms with Gasteiger partial charge in [0.2, 0.25) is 5.88 Å². The van der Waals surface area contributed by atoms with Crippen LogP contribution >= 0.6 is 0 Å². The summed E-state index contributed by atoms with van der Waals surface area (Å²) in [5.74, 6) is 1.13. The number of hydrogen-bond donors (Lipinski definition) is 1. The molecule has 2 N–H and O–H groups in total. The Labute approximate surface area is 156 Å². The highest BCUT2D eigenvalue weighted by Crippen LogP contribution is 2.23. The van der Waals surface area contributed by atoms with Crippen LogP contribution < -0.4 is 15.4 Å². The maximum absolute atomic E-state index is 5.92. The van der Waals surface area contributed by atoms with Crippen molar-refractivity contribution in [3.8, 4) is 5.88 Å². The third-order valence-electron chi connectivity index (χ3n) is 3.40. The van der Waals surface area contributed by atoms with Gasteiger partial charge in [-0.25, -0.2) is 0 Å². The number of hydrogen-bond acceptors (Lipinski definition) is 4. The van der Waals surface area contributed by atoms with Crippen molar-refractivity contribution in [1.29, 1.82) is 0 Å². The molecule has 0 bridgehead atoms. The molecular formula is C21H41N3O. The molecule has 0 spiro atoms. The predicted molar refractivity (Wildman–Crippen MR) is 114 cm³/mol. The molecular weight excluding hydrogens is 310 g/mol. The van der Waals surface area contributed by atoms with Crippen LogP contribution in [0, 0.1) is 0 Å². The Bertz CT molecular complexity index is 452. The summed E-state index contributed by atoms with van der Waals surface area (Å²) in [6.45, 7) is 19.2. The lowest BCUT2D eigenvalue weighted by atomic mass is 10.2. The van der Waals surface area contributed by atoms with Gasteiger partial charge in [-0.15, -0.1) is 0 Å². The molecule has 146 valence electrons. The van der Waals surface area contributed by atoms with Crippen LogP contribution in [0.1, 0.15) is 74.7 Å². The molecule has 0 aliphatic carbocycles. The lowest BCUT2D eigenvalue weighted by molar-refractivity contribution is 0.309. The largest absolute Gasteiger partial charge is 0.477 e. The molecule has 0 aromatic carbocycles. The Balaban J connectivity index is 0. The summed E-state index contributed by atoms with van der Waals surface area (Å²) in [7, 11) is 0. The molecule has 0 aliphatic heterocycles. The summed E-state index contributed by atoms with van der Waals surface area (Å²) >= 11 is 0. The van der Waals surface area contributed by atoms with Gasteiger partial charge in [-0.05, 0) is 26.7 Å². The van der Waals surface area contributed by atoms with Crippen molar-refractivity contribution < 1.29 is 4.74 Å². The number of nitrogen functional groups attached to an aromatic ring is 1. The predicted octanol–water partition coefficient (Wildman–Crippen LogP) is 6.08. The summed E-state index contributed by atoms with van der Waals surface area (Å²) in [6, 6.07) is 3.92. The van der Waals surface area contributed by atoms with Crippen molar-refractivity contribution >= 4 is 11.5 Å². The molecule has 4 heteroatoms. The number of allylic oxidation sites excluding steroid dienone is 1. The molecule has 25 heavy (non-hydrogen) atoms. The van der Waals surface area contributed by atoms with E-state index in [1.807, 2.05) is 46.8 Å². The van der Waals surface area contributed by atoms with E-state index in [2.05, 4.69) is 36.7 Å². The minimum atomic E-state index is 0.516. The van der Waals surface area contributed by atoms with Crippen LogP contribution in [-0.4, -0.2) is 24.7 Å². The van der Waals surface area contributed by atoms with Gasteiger partial charge >= 0.3 is 0 Å². The average molecular weight is 352 g/mol. The normalized spacial score (nSPS) is 10.2. The highest BCUT2D eigenvalue weighted by atomic mass is 16.5. The van der Waals surface area contributed by atoms with E-state index in [1.165, 1.54) is 5.57 Å². The summed E-state index contributed by atoms with van der Waals surface area (Å²) in [6.07, 6.45) is 5.24. The lowest BCUT2D eigenvalue weighted by Crippen LogP contribution is -2.25. The van der Waals surface area contributed by atoms with Crippen LogP contribution in [-0.2, 0) is 0 Å². The average Bonchev–Trinajstić information content (AvgIpc) is 2.64. The fourth-order valence-electron chi connectivity index (χ4n) is 2.14. The minimum Gasteiger partial charge on any atom is -0.477 e. The topological polar surface area (TPSA) is 51.4 Å². The van der Waals surface area contributed by atoms with Crippen LogP contribution in [0.3, 0.4) is 0 Å². The third kappa shape index (κ3) is 11.5. The van der Waals surface area contributed by atoms with Gasteiger partial charge < -0.3 is 15.4 Å². The first-order chi connectivity index (χ1) is 12.1. The van der Waals surface area contributed by atoms with Crippen molar-refractivity contribution in [3.63, 3.8) is 0 Å². The van der Waals surface area contributed by atoms with Gasteiger partial charge in [0.1, 0.15) is 5.82 Å². The van der Waals surface area contributed by atoms with Gasteiger partial charge in [-0.3, -0.25) is 0 Å². The van der Waals surface area contributed by atoms with E-state index in [1.54, 1.807) is 0 Å². The maximum Gasteiger partial charge on any atom is 0.217 e. The number of pyridine rings is 1. The highest BCUT2D eigenvalue weighted by Gasteiger charge is 2.08. The van der Waals surface area contributed by atoms with Crippen molar-refractivity contribution in [2.45, 2.75) is 74.7 Å². The van der Waals surface area contributed by atoms with E-state index in [9.17, 15) is 0 Å². The van der Waals surface area contributed by atoms with Gasteiger partial charge in [0.15, 0.2) is 0 Å². The van der Waals surface area contributed by atoms with Gasteiger partial charge in [0.25, 0.3) is 0 Å². The minimum absolute atomic E-state index is 0.516. The van der Waals surface area contributed by atoms with Crippen LogP contribution in [0.25, 0.3) is 0 Å². The first-order valence-electron chi connectivity index (χ1n) is 9.87. The molecule has 1 heterocycles. The van der Waals surface area contributed by atoms with E-state index in [0.29, 0.717) is 18.3 Å². The monoisotopic (exact) mass is 351 g/mol. The zero-order valence-corrected chi connectivity index (χ0v) is 17.9. The Morgan fingerprint density at radius 2 is 1.68 bits per heavy atom. The number of nitrogens with zero attached hydrogens (tertiary/aromatic N) is 2. The Morgan fingerprint density at radius 1 is 1.12 bits per heavy atom. The zero-order chi connectivity index (χ0) is 19.7. The van der Waals surface area contributed by atoms with Crippen molar-refractivity contribution in [1.82, 2.24) is 4.98 Å². The fourth-order valence-corrected chi connectivity index (χ4v) is 2.14. The molecule has 1 aromatic heterocycles. The van der Waals surface area contributed by atoms with E-state index in [0.717, 1.165) is 38.0 Å². The van der Waals surface area contributed by atoms with E-state index in [4.69, 9.17) is 10.5 Å². The van der Waals surface area contributed by atoms with Crippen molar-refractivity contribution in [2.75, 3.05) is 30.3 Å². The number of anilines is 2. The third-order valence-corrected chi connectivity index (χ3v) is 3.40. The maximum atomic E-state index is 5.92. The fraction of sp³-hybridized carbons (Fsp3) is 0.667. The molecule has 1 rings (SSSR count). The number of aromatic nitrogens is 1. The summed E-state index contributed by atoms with van der Waals surface area (Å²) in [5.41, 5.74) is 8.34. The first kappa shape index (κ1) is 25.5. The second-order valence-electron chi connectivity index (χ2n) is 5.31. The molecule has 0 amide bonds. The molecule has 0 radical (unpaired) electrons. The van der Waals surface area contributed by atoms with Crippen LogP contribution in [0.2, 0.25) is 0 Å². The molecule has 1 aromatic rings. The van der Waals surface area contributed by atoms with Gasteiger partial charge in [-0.2, -0.15) is 4.98 Å². The Hall–Kier alpha value is -1.71. The molecule has 4 nitrogen and oxygen atoms in total. The van der Waals surface area contributed by atoms with Crippen LogP contribution in [0.15, 0.2) is 23.8 Å². The first-order valence-corrected chi connectivity index (χ1v) is 9.87. The summed E-state index contributed by atoms with van der Waals surface area (Å²) < 4.78 is 5.75. The molecule has 0 fully saturated rings. The van der Waals surface area contributed by atoms with Gasteiger partial charge in [0.05, 0.1) is 6.61 Å². The summed E-state index contributed by atoms with van der Waals surface area (Å²) in [4.78, 5) is 6.60. The number of nitrogens with two attached hydrogens (primary N) is 1. The number of rotatable bonds is 9. The highest BCUT2D eigenvalue weighted by molar-refractivity contribution is 5.55. The zero-order valence-electron chi connectivity index (χ0n) is 17.9. The standard InChI is InChI=1S/C17H29N3O.2C2H6/c1-5-9-20(10-6-2)15-12-16(18)19-17(13-15)21-11-8-14(4)7-3;2*1-2/h7,12-13H,5-6,8-11H2,1-4H3,(H2,18,19);2*1-2H3/b14-7+;;. The SMILES string of the molecule is C/C=C(\C)CCOc1cc(N(CCC)CCC)cc(N)n1.CC.CC. The van der Waals surface area contributed by atoms with Crippen LogP contribution in [0.4, 0.5) is 11.5 Å². The molecule has 0 atom stereocenters. The van der Waals surface area contributed by atoms with Crippen molar-refractivity contribution in [2.24, 2.45) is 0 Å². The van der Waals surface area contributed by atoms with Gasteiger partial charge in [-0.1, -0.05) is 53.2 Å². The van der Waals surface area contributed by atoms with Crippen molar-refractivity contribution in [3.05, 3.63) is 23.8 Å². The Morgan fingerprint density at radius 3 is 2.16 bits per heavy atom. The second-order valence-corrected chi connectivity index (χ2v) is 5.31. The summed E-state index contributed by atoms with van der Waals surface area (Å²) in [5, 5.41) is 0. The molecule has 0 aliphatic rings. The molecule has 0 saturated carbocycles. The molecule has 0 unspecified atom stereocenters. The Kier molecular flexibility index (Phi) is 17.5. The molecule has 0 saturated heterocycles. The van der Waals surface area contributed by atoms with E-state index >= 15 is 0 Å². The quantitative estimate of drug-likeness (QED) is 0.548. The van der Waals surface area contributed by atoms with E-state index in [-0.39, 0.29) is 0 Å². The van der Waals surface area contributed by atoms with Gasteiger partial charge in [0, 0.05) is 37.3 Å². The van der Waals surface area contributed by atoms with Crippen LogP contribution in [0.5, 0.6) is 5.88 Å². The number of ether oxygens (including phenoxy) is 1. The van der Waals surface area contributed by atoms with E-state index < -0.39 is 0 Å². The smallest absolute Gasteiger partial charge is 0.217 e.